The Labute approximate surface area is 218 Å². The van der Waals surface area contributed by atoms with Gasteiger partial charge < -0.3 is 4.74 Å². The summed E-state index contributed by atoms with van der Waals surface area (Å²) in [5, 5.41) is 10.2. The summed E-state index contributed by atoms with van der Waals surface area (Å²) in [5.74, 6) is -0.377. The molecule has 0 atom stereocenters. The van der Waals surface area contributed by atoms with E-state index in [4.69, 9.17) is 9.72 Å². The van der Waals surface area contributed by atoms with Crippen LogP contribution in [0.3, 0.4) is 0 Å². The average molecular weight is 487 g/mol. The number of esters is 1. The van der Waals surface area contributed by atoms with Crippen LogP contribution in [0, 0.1) is 11.3 Å². The Morgan fingerprint density at radius 2 is 1.73 bits per heavy atom. The number of carbonyl (C=O) groups excluding carboxylic acids is 1. The molecule has 0 amide bonds. The number of hydrogen-bond acceptors (Lipinski definition) is 4. The molecule has 1 aromatic heterocycles. The van der Waals surface area contributed by atoms with E-state index in [2.05, 4.69) is 57.2 Å². The summed E-state index contributed by atoms with van der Waals surface area (Å²) < 4.78 is 5.79. The fraction of sp³-hybridized carbons (Fsp3) is 0.242. The summed E-state index contributed by atoms with van der Waals surface area (Å²) in [6.07, 6.45) is 4.82. The Morgan fingerprint density at radius 3 is 2.49 bits per heavy atom. The van der Waals surface area contributed by atoms with Gasteiger partial charge >= 0.3 is 5.97 Å². The van der Waals surface area contributed by atoms with Crippen LogP contribution in [-0.2, 0) is 23.2 Å². The largest absolute Gasteiger partial charge is 0.457 e. The number of rotatable bonds is 4. The highest BCUT2D eigenvalue weighted by Gasteiger charge is 2.26. The van der Waals surface area contributed by atoms with Gasteiger partial charge in [-0.2, -0.15) is 5.26 Å². The molecule has 1 aliphatic carbocycles. The number of para-hydroxylation sites is 1. The molecule has 3 aromatic carbocycles. The smallest absolute Gasteiger partial charge is 0.339 e. The molecule has 4 heteroatoms. The van der Waals surface area contributed by atoms with Crippen molar-refractivity contribution in [3.8, 4) is 6.07 Å². The van der Waals surface area contributed by atoms with Crippen LogP contribution >= 0.6 is 0 Å². The predicted octanol–water partition coefficient (Wildman–Crippen LogP) is 7.64. The van der Waals surface area contributed by atoms with Gasteiger partial charge in [0.2, 0.25) is 0 Å². The zero-order valence-corrected chi connectivity index (χ0v) is 21.5. The van der Waals surface area contributed by atoms with Crippen molar-refractivity contribution in [2.24, 2.45) is 0 Å². The number of pyridine rings is 1. The van der Waals surface area contributed by atoms with Gasteiger partial charge in [0.25, 0.3) is 0 Å². The fourth-order valence-corrected chi connectivity index (χ4v) is 4.96. The van der Waals surface area contributed by atoms with Crippen molar-refractivity contribution in [2.45, 2.75) is 52.1 Å². The zero-order chi connectivity index (χ0) is 26.0. The van der Waals surface area contributed by atoms with Crippen LogP contribution in [0.25, 0.3) is 22.6 Å². The molecule has 4 aromatic rings. The highest BCUT2D eigenvalue weighted by Crippen LogP contribution is 2.37. The molecular weight excluding hydrogens is 456 g/mol. The molecule has 4 nitrogen and oxygen atoms in total. The average Bonchev–Trinajstić information content (AvgIpc) is 2.90. The number of fused-ring (bicyclic) bond motifs is 2. The minimum Gasteiger partial charge on any atom is -0.457 e. The van der Waals surface area contributed by atoms with Crippen molar-refractivity contribution in [2.75, 3.05) is 0 Å². The molecule has 5 rings (SSSR count). The third kappa shape index (κ3) is 5.04. The first kappa shape index (κ1) is 24.5. The van der Waals surface area contributed by atoms with Gasteiger partial charge in [-0.25, -0.2) is 9.78 Å². The molecule has 1 aliphatic rings. The second kappa shape index (κ2) is 10.0. The van der Waals surface area contributed by atoms with E-state index in [0.717, 1.165) is 52.6 Å². The molecule has 0 aliphatic heterocycles. The standard InChI is InChI=1S/C33H30N2O2/c1-33(2,3)26-17-15-22(16-18-26)19-23-11-8-13-28-30(27-12-6-7-14-29(27)35-31(23)28)32(36)37-21-25-10-5-4-9-24(25)20-34/h4-7,9-10,12,14-19H,8,11,13,21H2,1-3H3. The van der Waals surface area contributed by atoms with E-state index in [1.54, 1.807) is 12.1 Å². The summed E-state index contributed by atoms with van der Waals surface area (Å²) in [5.41, 5.74) is 8.07. The van der Waals surface area contributed by atoms with E-state index >= 15 is 0 Å². The van der Waals surface area contributed by atoms with E-state index in [1.807, 2.05) is 36.4 Å². The van der Waals surface area contributed by atoms with Crippen LogP contribution in [0.15, 0.2) is 72.8 Å². The Balaban J connectivity index is 1.54. The second-order valence-corrected chi connectivity index (χ2v) is 10.6. The molecule has 1 heterocycles. The van der Waals surface area contributed by atoms with Gasteiger partial charge in [0.05, 0.1) is 28.4 Å². The normalized spacial score (nSPS) is 14.3. The monoisotopic (exact) mass is 486 g/mol. The van der Waals surface area contributed by atoms with Crippen LogP contribution in [0.2, 0.25) is 0 Å². The predicted molar refractivity (Wildman–Crippen MR) is 148 cm³/mol. The number of allylic oxidation sites excluding steroid dienone is 1. The van der Waals surface area contributed by atoms with Gasteiger partial charge in [0.1, 0.15) is 6.61 Å². The summed E-state index contributed by atoms with van der Waals surface area (Å²) in [7, 11) is 0. The van der Waals surface area contributed by atoms with Crippen molar-refractivity contribution in [1.29, 1.82) is 5.26 Å². The molecule has 0 saturated heterocycles. The van der Waals surface area contributed by atoms with Gasteiger partial charge in [-0.3, -0.25) is 0 Å². The molecule has 37 heavy (non-hydrogen) atoms. The van der Waals surface area contributed by atoms with Gasteiger partial charge in [0.15, 0.2) is 0 Å². The van der Waals surface area contributed by atoms with Crippen LogP contribution < -0.4 is 0 Å². The number of nitriles is 1. The van der Waals surface area contributed by atoms with Gasteiger partial charge in [-0.1, -0.05) is 81.4 Å². The van der Waals surface area contributed by atoms with Crippen LogP contribution in [0.4, 0.5) is 0 Å². The summed E-state index contributed by atoms with van der Waals surface area (Å²) >= 11 is 0. The van der Waals surface area contributed by atoms with E-state index < -0.39 is 0 Å². The Morgan fingerprint density at radius 1 is 1.00 bits per heavy atom. The van der Waals surface area contributed by atoms with Gasteiger partial charge in [-0.15, -0.1) is 0 Å². The molecule has 0 unspecified atom stereocenters. The van der Waals surface area contributed by atoms with E-state index in [0.29, 0.717) is 16.7 Å². The van der Waals surface area contributed by atoms with Crippen molar-refractivity contribution >= 4 is 28.5 Å². The SMILES string of the molecule is CC(C)(C)c1ccc(C=C2CCCc3c2nc2ccccc2c3C(=O)OCc2ccccc2C#N)cc1. The highest BCUT2D eigenvalue weighted by molar-refractivity contribution is 6.06. The number of benzene rings is 3. The van der Waals surface area contributed by atoms with E-state index in [-0.39, 0.29) is 18.0 Å². The molecule has 0 spiro atoms. The molecule has 0 radical (unpaired) electrons. The molecule has 0 saturated carbocycles. The quantitative estimate of drug-likeness (QED) is 0.278. The second-order valence-electron chi connectivity index (χ2n) is 10.6. The first-order valence-electron chi connectivity index (χ1n) is 12.7. The lowest BCUT2D eigenvalue weighted by Gasteiger charge is -2.23. The van der Waals surface area contributed by atoms with Crippen molar-refractivity contribution in [1.82, 2.24) is 4.98 Å². The maximum absolute atomic E-state index is 13.5. The number of aromatic nitrogens is 1. The van der Waals surface area contributed by atoms with Crippen molar-refractivity contribution in [3.05, 3.63) is 112 Å². The first-order valence-corrected chi connectivity index (χ1v) is 12.7. The molecule has 184 valence electrons. The Hall–Kier alpha value is -4.23. The fourth-order valence-electron chi connectivity index (χ4n) is 4.96. The van der Waals surface area contributed by atoms with Crippen molar-refractivity contribution < 1.29 is 9.53 Å². The van der Waals surface area contributed by atoms with Crippen LogP contribution in [0.1, 0.15) is 77.5 Å². The number of hydrogen-bond donors (Lipinski definition) is 0. The molecule has 0 N–H and O–H groups in total. The van der Waals surface area contributed by atoms with Crippen LogP contribution in [-0.4, -0.2) is 11.0 Å². The zero-order valence-electron chi connectivity index (χ0n) is 21.5. The van der Waals surface area contributed by atoms with E-state index in [1.165, 1.54) is 5.56 Å². The van der Waals surface area contributed by atoms with Gasteiger partial charge in [-0.05, 0) is 65.1 Å². The minimum atomic E-state index is -0.377. The molecule has 0 fully saturated rings. The lowest BCUT2D eigenvalue weighted by Crippen LogP contribution is -2.15. The summed E-state index contributed by atoms with van der Waals surface area (Å²) in [6.45, 7) is 6.70. The molecular formula is C33H30N2O2. The maximum Gasteiger partial charge on any atom is 0.339 e. The summed E-state index contributed by atoms with van der Waals surface area (Å²) in [6, 6.07) is 25.8. The Bertz CT molecular complexity index is 1550. The van der Waals surface area contributed by atoms with Crippen LogP contribution in [0.5, 0.6) is 0 Å². The number of carbonyl (C=O) groups is 1. The highest BCUT2D eigenvalue weighted by atomic mass is 16.5. The minimum absolute atomic E-state index is 0.0524. The maximum atomic E-state index is 13.5. The Kier molecular flexibility index (Phi) is 6.63. The van der Waals surface area contributed by atoms with E-state index in [9.17, 15) is 10.1 Å². The molecule has 0 bridgehead atoms. The lowest BCUT2D eigenvalue weighted by molar-refractivity contribution is 0.0473. The topological polar surface area (TPSA) is 63.0 Å². The third-order valence-electron chi connectivity index (χ3n) is 6.99. The number of nitrogens with zero attached hydrogens (tertiary/aromatic N) is 2. The number of ether oxygens (including phenoxy) is 1. The van der Waals surface area contributed by atoms with Crippen molar-refractivity contribution in [3.63, 3.8) is 0 Å². The first-order chi connectivity index (χ1) is 17.8. The summed E-state index contributed by atoms with van der Waals surface area (Å²) in [4.78, 5) is 18.6. The van der Waals surface area contributed by atoms with Gasteiger partial charge in [0, 0.05) is 10.9 Å². The third-order valence-corrected chi connectivity index (χ3v) is 6.99. The lowest BCUT2D eigenvalue weighted by atomic mass is 9.85.